The highest BCUT2D eigenvalue weighted by Crippen LogP contribution is 2.51. The first-order valence-electron chi connectivity index (χ1n) is 13.2. The van der Waals surface area contributed by atoms with Crippen LogP contribution in [0.3, 0.4) is 0 Å². The molecule has 0 bridgehead atoms. The van der Waals surface area contributed by atoms with Crippen LogP contribution in [-0.4, -0.2) is 47.8 Å². The van der Waals surface area contributed by atoms with Gasteiger partial charge >= 0.3 is 6.03 Å². The fraction of sp³-hybridized carbons (Fsp3) is 0.345. The highest BCUT2D eigenvalue weighted by atomic mass is 32.2. The van der Waals surface area contributed by atoms with Gasteiger partial charge in [0, 0.05) is 38.3 Å². The fourth-order valence-corrected chi connectivity index (χ4v) is 7.29. The van der Waals surface area contributed by atoms with Crippen molar-refractivity contribution in [2.24, 2.45) is 5.14 Å². The van der Waals surface area contributed by atoms with E-state index in [1.807, 2.05) is 25.1 Å². The molecule has 0 radical (unpaired) electrons. The third-order valence-corrected chi connectivity index (χ3v) is 10.9. The van der Waals surface area contributed by atoms with Crippen LogP contribution in [0.1, 0.15) is 42.4 Å². The summed E-state index contributed by atoms with van der Waals surface area (Å²) in [5.41, 5.74) is 5.35. The van der Waals surface area contributed by atoms with Gasteiger partial charge in [-0.2, -0.15) is 0 Å². The van der Waals surface area contributed by atoms with E-state index in [4.69, 9.17) is 5.14 Å². The van der Waals surface area contributed by atoms with Crippen LogP contribution in [0.15, 0.2) is 70.5 Å². The number of hydrogen-bond acceptors (Lipinski definition) is 5. The van der Waals surface area contributed by atoms with E-state index < -0.39 is 20.0 Å². The van der Waals surface area contributed by atoms with Gasteiger partial charge in [-0.05, 0) is 84.0 Å². The second-order valence-electron chi connectivity index (χ2n) is 10.9. The van der Waals surface area contributed by atoms with Crippen LogP contribution in [0.25, 0.3) is 11.1 Å². The summed E-state index contributed by atoms with van der Waals surface area (Å²) >= 11 is 0. The number of amides is 2. The molecule has 212 valence electrons. The lowest BCUT2D eigenvalue weighted by Crippen LogP contribution is -2.41. The molecule has 1 fully saturated rings. The number of nitrogens with two attached hydrogens (primary N) is 1. The Morgan fingerprint density at radius 3 is 2.23 bits per heavy atom. The number of urea groups is 1. The number of nitrogens with zero attached hydrogens (tertiary/aromatic N) is 2. The molecule has 11 heteroatoms. The Bertz CT molecular complexity index is 1680. The summed E-state index contributed by atoms with van der Waals surface area (Å²) in [4.78, 5) is 15.5. The third kappa shape index (κ3) is 5.14. The maximum Gasteiger partial charge on any atom is 0.322 e. The van der Waals surface area contributed by atoms with Gasteiger partial charge in [-0.15, -0.1) is 0 Å². The minimum Gasteiger partial charge on any atom is -0.334 e. The Labute approximate surface area is 236 Å². The van der Waals surface area contributed by atoms with Gasteiger partial charge in [0.05, 0.1) is 9.79 Å². The van der Waals surface area contributed by atoms with Crippen molar-refractivity contribution in [3.63, 3.8) is 0 Å². The van der Waals surface area contributed by atoms with E-state index in [0.717, 1.165) is 59.2 Å². The van der Waals surface area contributed by atoms with Crippen LogP contribution < -0.4 is 15.4 Å². The van der Waals surface area contributed by atoms with Crippen LogP contribution >= 0.6 is 0 Å². The normalized spacial score (nSPS) is 16.5. The molecule has 1 heterocycles. The van der Waals surface area contributed by atoms with Gasteiger partial charge in [0.1, 0.15) is 0 Å². The van der Waals surface area contributed by atoms with Crippen molar-refractivity contribution >= 4 is 31.8 Å². The Morgan fingerprint density at radius 2 is 1.60 bits per heavy atom. The van der Waals surface area contributed by atoms with Gasteiger partial charge in [0.15, 0.2) is 0 Å². The maximum atomic E-state index is 13.4. The van der Waals surface area contributed by atoms with E-state index in [2.05, 4.69) is 11.4 Å². The predicted molar refractivity (Wildman–Crippen MR) is 155 cm³/mol. The van der Waals surface area contributed by atoms with Gasteiger partial charge in [-0.3, -0.25) is 4.90 Å². The first-order chi connectivity index (χ1) is 18.8. The van der Waals surface area contributed by atoms with E-state index >= 15 is 0 Å². The van der Waals surface area contributed by atoms with Gasteiger partial charge < -0.3 is 5.32 Å². The molecule has 1 aliphatic carbocycles. The molecule has 9 nitrogen and oxygen atoms in total. The van der Waals surface area contributed by atoms with Crippen LogP contribution in [0.2, 0.25) is 0 Å². The molecular formula is C29H34N4O5S2. The first kappa shape index (κ1) is 28.3. The lowest BCUT2D eigenvalue weighted by molar-refractivity contribution is 0.245. The van der Waals surface area contributed by atoms with Crippen molar-refractivity contribution in [3.05, 3.63) is 77.4 Å². The Balaban J connectivity index is 1.44. The highest BCUT2D eigenvalue weighted by molar-refractivity contribution is 7.89. The zero-order valence-corrected chi connectivity index (χ0v) is 24.5. The second-order valence-corrected chi connectivity index (χ2v) is 14.6. The summed E-state index contributed by atoms with van der Waals surface area (Å²) in [5, 5.41) is 8.15. The second kappa shape index (κ2) is 10.3. The largest absolute Gasteiger partial charge is 0.334 e. The van der Waals surface area contributed by atoms with Crippen LogP contribution in [-0.2, 0) is 32.0 Å². The number of anilines is 1. The number of nitrogens with one attached hydrogen (secondary N) is 1. The molecule has 3 aromatic carbocycles. The molecule has 0 unspecified atom stereocenters. The summed E-state index contributed by atoms with van der Waals surface area (Å²) in [6, 6.07) is 17.2. The number of carbonyl (C=O) groups excluding carboxylic acids is 1. The smallest absolute Gasteiger partial charge is 0.322 e. The van der Waals surface area contributed by atoms with Crippen molar-refractivity contribution in [2.45, 2.75) is 54.4 Å². The monoisotopic (exact) mass is 582 g/mol. The molecule has 3 N–H and O–H groups in total. The van der Waals surface area contributed by atoms with E-state index in [-0.39, 0.29) is 27.8 Å². The van der Waals surface area contributed by atoms with E-state index in [1.54, 1.807) is 29.2 Å². The quantitative estimate of drug-likeness (QED) is 0.452. The summed E-state index contributed by atoms with van der Waals surface area (Å²) in [7, 11) is -4.32. The minimum atomic E-state index is -3.78. The topological polar surface area (TPSA) is 130 Å². The SMILES string of the molecule is Cc1ccc(S(=O)(=O)N(C)C)cc1-c1ccc2c(c1)C1(CCCC1)CN2C(=O)NCc1ccc(S(N)(=O)=O)cc1. The number of fused-ring (bicyclic) bond motifs is 2. The van der Waals surface area contributed by atoms with Crippen molar-refractivity contribution in [3.8, 4) is 11.1 Å². The maximum absolute atomic E-state index is 13.4. The van der Waals surface area contributed by atoms with Crippen molar-refractivity contribution in [2.75, 3.05) is 25.5 Å². The van der Waals surface area contributed by atoms with Crippen molar-refractivity contribution < 1.29 is 21.6 Å². The van der Waals surface area contributed by atoms with Gasteiger partial charge in [0.25, 0.3) is 0 Å². The average Bonchev–Trinajstić information content (AvgIpc) is 3.52. The minimum absolute atomic E-state index is 0.0233. The number of primary sulfonamides is 1. The summed E-state index contributed by atoms with van der Waals surface area (Å²) < 4.78 is 49.9. The highest BCUT2D eigenvalue weighted by Gasteiger charge is 2.46. The van der Waals surface area contributed by atoms with E-state index in [9.17, 15) is 21.6 Å². The Hall–Kier alpha value is -3.25. The number of sulfonamides is 2. The van der Waals surface area contributed by atoms with E-state index in [1.165, 1.54) is 30.5 Å². The molecule has 40 heavy (non-hydrogen) atoms. The lowest BCUT2D eigenvalue weighted by Gasteiger charge is -2.25. The molecule has 2 aliphatic rings. The number of aryl methyl sites for hydroxylation is 1. The summed E-state index contributed by atoms with van der Waals surface area (Å²) in [6.07, 6.45) is 4.14. The van der Waals surface area contributed by atoms with Gasteiger partial charge in [0.2, 0.25) is 20.0 Å². The van der Waals surface area contributed by atoms with Gasteiger partial charge in [-0.1, -0.05) is 37.1 Å². The zero-order valence-electron chi connectivity index (χ0n) is 22.8. The van der Waals surface area contributed by atoms with Crippen LogP contribution in [0.5, 0.6) is 0 Å². The number of carbonyl (C=O) groups is 1. The van der Waals surface area contributed by atoms with Crippen LogP contribution in [0, 0.1) is 6.92 Å². The lowest BCUT2D eigenvalue weighted by atomic mass is 9.80. The molecule has 1 spiro atoms. The predicted octanol–water partition coefficient (Wildman–Crippen LogP) is 4.10. The molecule has 0 saturated heterocycles. The molecule has 2 amide bonds. The summed E-state index contributed by atoms with van der Waals surface area (Å²) in [5.74, 6) is 0. The fourth-order valence-electron chi connectivity index (χ4n) is 5.85. The van der Waals surface area contributed by atoms with E-state index in [0.29, 0.717) is 6.54 Å². The average molecular weight is 583 g/mol. The zero-order chi connectivity index (χ0) is 28.9. The molecule has 0 atom stereocenters. The van der Waals surface area contributed by atoms with Crippen molar-refractivity contribution in [1.82, 2.24) is 9.62 Å². The molecular weight excluding hydrogens is 548 g/mol. The molecule has 5 rings (SSSR count). The number of hydrogen-bond donors (Lipinski definition) is 2. The first-order valence-corrected chi connectivity index (χ1v) is 16.2. The van der Waals surface area contributed by atoms with Crippen LogP contribution in [0.4, 0.5) is 10.5 Å². The Morgan fingerprint density at radius 1 is 0.950 bits per heavy atom. The van der Waals surface area contributed by atoms with Crippen molar-refractivity contribution in [1.29, 1.82) is 0 Å². The van der Waals surface area contributed by atoms with Gasteiger partial charge in [-0.25, -0.2) is 31.1 Å². The molecule has 1 saturated carbocycles. The Kier molecular flexibility index (Phi) is 7.28. The number of rotatable bonds is 6. The summed E-state index contributed by atoms with van der Waals surface area (Å²) in [6.45, 7) is 2.79. The number of benzene rings is 3. The standard InChI is InChI=1S/C29H34N4O5S2/c1-20-6-10-24(40(37,38)32(2)3)17-25(20)22-9-13-27-26(16-22)29(14-4-5-15-29)19-33(27)28(34)31-18-21-7-11-23(12-8-21)39(30,35)36/h6-13,16-17H,4-5,14-15,18-19H2,1-3H3,(H,31,34)(H2,30,35,36). The molecule has 1 aliphatic heterocycles. The third-order valence-electron chi connectivity index (χ3n) is 8.12. The molecule has 3 aromatic rings. The molecule has 0 aromatic heterocycles.